The monoisotopic (exact) mass is 264 g/mol. The van der Waals surface area contributed by atoms with Gasteiger partial charge in [-0.2, -0.15) is 0 Å². The maximum atomic E-state index is 4.56. The first-order chi connectivity index (χ1) is 9.31. The second-order valence-corrected chi connectivity index (χ2v) is 5.60. The van der Waals surface area contributed by atoms with Gasteiger partial charge in [-0.15, -0.1) is 6.58 Å². The third kappa shape index (κ3) is 4.53. The molecule has 1 aliphatic carbocycles. The van der Waals surface area contributed by atoms with Crippen molar-refractivity contribution in [2.45, 2.75) is 51.1 Å². The Kier molecular flexibility index (Phi) is 5.70. The van der Waals surface area contributed by atoms with E-state index in [0.29, 0.717) is 12.1 Å². The summed E-state index contributed by atoms with van der Waals surface area (Å²) in [6.45, 7) is 10.1. The molecule has 108 valence electrons. The fourth-order valence-corrected chi connectivity index (χ4v) is 2.67. The Morgan fingerprint density at radius 1 is 1.21 bits per heavy atom. The summed E-state index contributed by atoms with van der Waals surface area (Å²) < 4.78 is 0. The van der Waals surface area contributed by atoms with Crippen molar-refractivity contribution >= 4 is 5.96 Å². The van der Waals surface area contributed by atoms with Gasteiger partial charge in [0.05, 0.1) is 0 Å². The molecular weight excluding hydrogens is 236 g/mol. The molecule has 4 nitrogen and oxygen atoms in total. The molecule has 0 amide bonds. The molecule has 2 rings (SSSR count). The maximum absolute atomic E-state index is 4.56. The fourth-order valence-electron chi connectivity index (χ4n) is 2.67. The number of guanidine groups is 1. The van der Waals surface area contributed by atoms with Crippen molar-refractivity contribution in [2.75, 3.05) is 26.2 Å². The molecule has 0 atom stereocenters. The van der Waals surface area contributed by atoms with Crippen molar-refractivity contribution < 1.29 is 0 Å². The zero-order chi connectivity index (χ0) is 13.5. The van der Waals surface area contributed by atoms with Gasteiger partial charge in [-0.05, 0) is 39.0 Å². The van der Waals surface area contributed by atoms with Crippen LogP contribution in [0.25, 0.3) is 0 Å². The van der Waals surface area contributed by atoms with E-state index in [9.17, 15) is 0 Å². The number of nitrogens with one attached hydrogen (secondary N) is 2. The van der Waals surface area contributed by atoms with E-state index in [-0.39, 0.29) is 0 Å². The van der Waals surface area contributed by atoms with Crippen LogP contribution >= 0.6 is 0 Å². The van der Waals surface area contributed by atoms with Crippen molar-refractivity contribution in [2.24, 2.45) is 4.99 Å². The van der Waals surface area contributed by atoms with E-state index in [0.717, 1.165) is 32.1 Å². The van der Waals surface area contributed by atoms with Crippen molar-refractivity contribution in [3.63, 3.8) is 0 Å². The minimum Gasteiger partial charge on any atom is -0.354 e. The van der Waals surface area contributed by atoms with Crippen molar-refractivity contribution in [3.8, 4) is 0 Å². The molecule has 19 heavy (non-hydrogen) atoms. The molecule has 1 saturated carbocycles. The lowest BCUT2D eigenvalue weighted by Gasteiger charge is -2.34. The Hall–Kier alpha value is -1.03. The van der Waals surface area contributed by atoms with E-state index in [1.54, 1.807) is 0 Å². The quantitative estimate of drug-likeness (QED) is 0.451. The Morgan fingerprint density at radius 2 is 1.84 bits per heavy atom. The Bertz CT molecular complexity index is 301. The molecule has 0 bridgehead atoms. The molecular formula is C15H28N4. The summed E-state index contributed by atoms with van der Waals surface area (Å²) in [4.78, 5) is 7.02. The first kappa shape index (κ1) is 14.4. The van der Waals surface area contributed by atoms with Gasteiger partial charge in [-0.3, -0.25) is 9.89 Å². The molecule has 2 fully saturated rings. The van der Waals surface area contributed by atoms with Crippen LogP contribution < -0.4 is 10.6 Å². The van der Waals surface area contributed by atoms with Crippen LogP contribution in [0.4, 0.5) is 0 Å². The smallest absolute Gasteiger partial charge is 0.191 e. The number of aliphatic imine (C=N–C) groups is 1. The standard InChI is InChI=1S/C15H28N4/c1-3-10-19-11-8-14(9-12-19)18-15(16-4-2)17-13-6-5-7-13/h3,13-14H,1,4-12H2,2H3,(H2,16,17,18). The highest BCUT2D eigenvalue weighted by Crippen LogP contribution is 2.18. The van der Waals surface area contributed by atoms with E-state index in [1.165, 1.54) is 32.1 Å². The van der Waals surface area contributed by atoms with E-state index < -0.39 is 0 Å². The summed E-state index contributed by atoms with van der Waals surface area (Å²) in [5.74, 6) is 1.02. The van der Waals surface area contributed by atoms with Crippen LogP contribution in [-0.2, 0) is 0 Å². The van der Waals surface area contributed by atoms with Gasteiger partial charge in [0.1, 0.15) is 0 Å². The summed E-state index contributed by atoms with van der Waals surface area (Å²) in [5.41, 5.74) is 0. The van der Waals surface area contributed by atoms with Crippen molar-refractivity contribution in [3.05, 3.63) is 12.7 Å². The van der Waals surface area contributed by atoms with Crippen LogP contribution in [0.1, 0.15) is 39.0 Å². The van der Waals surface area contributed by atoms with Gasteiger partial charge >= 0.3 is 0 Å². The van der Waals surface area contributed by atoms with Gasteiger partial charge < -0.3 is 10.6 Å². The van der Waals surface area contributed by atoms with Crippen LogP contribution in [-0.4, -0.2) is 49.1 Å². The van der Waals surface area contributed by atoms with Gasteiger partial charge in [0.2, 0.25) is 0 Å². The molecule has 1 heterocycles. The average molecular weight is 264 g/mol. The van der Waals surface area contributed by atoms with Gasteiger partial charge in [-0.25, -0.2) is 0 Å². The lowest BCUT2D eigenvalue weighted by molar-refractivity contribution is 0.224. The number of likely N-dealkylation sites (tertiary alicyclic amines) is 1. The predicted molar refractivity (Wildman–Crippen MR) is 81.5 cm³/mol. The van der Waals surface area contributed by atoms with Gasteiger partial charge in [0.25, 0.3) is 0 Å². The minimum atomic E-state index is 0.568. The van der Waals surface area contributed by atoms with Crippen LogP contribution in [0.2, 0.25) is 0 Å². The van der Waals surface area contributed by atoms with E-state index in [2.05, 4.69) is 34.0 Å². The Balaban J connectivity index is 1.74. The van der Waals surface area contributed by atoms with Crippen LogP contribution in [0, 0.1) is 0 Å². The number of nitrogens with zero attached hydrogens (tertiary/aromatic N) is 2. The fraction of sp³-hybridized carbons (Fsp3) is 0.800. The topological polar surface area (TPSA) is 39.7 Å². The second-order valence-electron chi connectivity index (χ2n) is 5.60. The molecule has 2 aliphatic rings. The summed E-state index contributed by atoms with van der Waals surface area (Å²) in [6.07, 6.45) is 8.34. The number of hydrogen-bond acceptors (Lipinski definition) is 2. The molecule has 1 aliphatic heterocycles. The first-order valence-corrected chi connectivity index (χ1v) is 7.72. The highest BCUT2D eigenvalue weighted by atomic mass is 15.2. The summed E-state index contributed by atoms with van der Waals surface area (Å²) in [6, 6.07) is 1.22. The van der Waals surface area contributed by atoms with E-state index >= 15 is 0 Å². The highest BCUT2D eigenvalue weighted by molar-refractivity contribution is 5.80. The molecule has 0 aromatic carbocycles. The average Bonchev–Trinajstić information content (AvgIpc) is 2.36. The zero-order valence-electron chi connectivity index (χ0n) is 12.2. The second kappa shape index (κ2) is 7.53. The normalized spacial score (nSPS) is 22.9. The van der Waals surface area contributed by atoms with E-state index in [4.69, 9.17) is 0 Å². The van der Waals surface area contributed by atoms with Crippen molar-refractivity contribution in [1.29, 1.82) is 0 Å². The van der Waals surface area contributed by atoms with Gasteiger partial charge in [0.15, 0.2) is 5.96 Å². The molecule has 4 heteroatoms. The number of hydrogen-bond donors (Lipinski definition) is 2. The van der Waals surface area contributed by atoms with Crippen LogP contribution in [0.15, 0.2) is 17.6 Å². The Labute approximate surface area is 117 Å². The Morgan fingerprint density at radius 3 is 2.32 bits per heavy atom. The molecule has 2 N–H and O–H groups in total. The lowest BCUT2D eigenvalue weighted by Crippen LogP contribution is -2.52. The van der Waals surface area contributed by atoms with E-state index in [1.807, 2.05) is 6.08 Å². The third-order valence-electron chi connectivity index (χ3n) is 4.08. The largest absolute Gasteiger partial charge is 0.354 e. The maximum Gasteiger partial charge on any atom is 0.191 e. The molecule has 0 spiro atoms. The minimum absolute atomic E-state index is 0.568. The summed E-state index contributed by atoms with van der Waals surface area (Å²) >= 11 is 0. The van der Waals surface area contributed by atoms with Crippen LogP contribution in [0.5, 0.6) is 0 Å². The molecule has 0 aromatic rings. The summed E-state index contributed by atoms with van der Waals surface area (Å²) in [5, 5.41) is 7.15. The highest BCUT2D eigenvalue weighted by Gasteiger charge is 2.22. The molecule has 0 aromatic heterocycles. The first-order valence-electron chi connectivity index (χ1n) is 7.72. The van der Waals surface area contributed by atoms with Gasteiger partial charge in [-0.1, -0.05) is 6.08 Å². The molecule has 0 radical (unpaired) electrons. The van der Waals surface area contributed by atoms with Crippen LogP contribution in [0.3, 0.4) is 0 Å². The lowest BCUT2D eigenvalue weighted by atomic mass is 9.93. The van der Waals surface area contributed by atoms with Crippen molar-refractivity contribution in [1.82, 2.24) is 15.5 Å². The SMILES string of the molecule is C=CCN1CCC(NC(=NCC)NC2CCC2)CC1. The summed E-state index contributed by atoms with van der Waals surface area (Å²) in [7, 11) is 0. The molecule has 1 saturated heterocycles. The van der Waals surface area contributed by atoms with Gasteiger partial charge in [0, 0.05) is 38.3 Å². The number of piperidine rings is 1. The predicted octanol–water partition coefficient (Wildman–Crippen LogP) is 1.74. The zero-order valence-corrected chi connectivity index (χ0v) is 12.2. The number of rotatable bonds is 5. The third-order valence-corrected chi connectivity index (χ3v) is 4.08. The molecule has 0 unspecified atom stereocenters.